The van der Waals surface area contributed by atoms with Gasteiger partial charge in [0.25, 0.3) is 0 Å². The van der Waals surface area contributed by atoms with Gasteiger partial charge in [-0.1, -0.05) is 12.8 Å². The van der Waals surface area contributed by atoms with Gasteiger partial charge in [-0.3, -0.25) is 14.9 Å². The van der Waals surface area contributed by atoms with Crippen molar-refractivity contribution in [1.29, 1.82) is 0 Å². The molecule has 16 heavy (non-hydrogen) atoms. The van der Waals surface area contributed by atoms with E-state index in [-0.39, 0.29) is 23.7 Å². The summed E-state index contributed by atoms with van der Waals surface area (Å²) in [5.74, 6) is -0.0631. The first kappa shape index (κ1) is 13.3. The Morgan fingerprint density at radius 2 is 1.31 bits per heavy atom. The molecular weight excluding hydrogens is 237 g/mol. The minimum atomic E-state index is -4.64. The Hall–Kier alpha value is -0.750. The number of amides is 2. The van der Waals surface area contributed by atoms with Crippen molar-refractivity contribution in [3.8, 4) is 0 Å². The second-order valence-corrected chi connectivity index (χ2v) is 4.89. The summed E-state index contributed by atoms with van der Waals surface area (Å²) in [6.45, 7) is 0. The number of fused-ring (bicyclic) bond motifs is 1. The number of carbonyl (C=O) groups is 2. The Kier molecular flexibility index (Phi) is 4.21. The van der Waals surface area contributed by atoms with Crippen molar-refractivity contribution in [2.24, 2.45) is 11.8 Å². The van der Waals surface area contributed by atoms with Crippen LogP contribution in [0, 0.1) is 11.8 Å². The van der Waals surface area contributed by atoms with Crippen LogP contribution in [-0.2, 0) is 14.2 Å². The maximum Gasteiger partial charge on any atom is 0.466 e. The van der Waals surface area contributed by atoms with Gasteiger partial charge in [-0.2, -0.15) is 0 Å². The molecule has 92 valence electrons. The van der Waals surface area contributed by atoms with Gasteiger partial charge in [-0.05, 0) is 12.8 Å². The lowest BCUT2D eigenvalue weighted by Crippen LogP contribution is -2.21. The molecule has 0 aromatic carbocycles. The van der Waals surface area contributed by atoms with Crippen LogP contribution in [-0.4, -0.2) is 26.5 Å². The smallest absolute Gasteiger partial charge is 0.303 e. The molecule has 0 bridgehead atoms. The highest BCUT2D eigenvalue weighted by Gasteiger charge is 2.42. The minimum absolute atomic E-state index is 0.0104. The van der Waals surface area contributed by atoms with Crippen LogP contribution in [0.3, 0.4) is 0 Å². The molecule has 1 aliphatic heterocycles. The van der Waals surface area contributed by atoms with Crippen molar-refractivity contribution < 1.29 is 28.8 Å². The first-order valence-corrected chi connectivity index (χ1v) is 6.48. The molecule has 4 N–H and O–H groups in total. The maximum atomic E-state index is 11.1. The molecule has 7 nitrogen and oxygen atoms in total. The second-order valence-electron chi connectivity index (χ2n) is 3.86. The van der Waals surface area contributed by atoms with Gasteiger partial charge in [-0.15, -0.1) is 0 Å². The molecule has 0 aromatic rings. The standard InChI is InChI=1S/C8H11NO2.H3O4P/c10-7-5-3-1-2-4-6(5)8(11)9-7;1-5(2,3)4/h5-6H,1-4H2,(H,9,10,11);(H3,1,2,3,4). The van der Waals surface area contributed by atoms with Gasteiger partial charge in [-0.25, -0.2) is 4.57 Å². The Morgan fingerprint density at radius 1 is 1.00 bits per heavy atom. The molecule has 2 unspecified atom stereocenters. The van der Waals surface area contributed by atoms with Crippen LogP contribution in [0.25, 0.3) is 0 Å². The lowest BCUT2D eigenvalue weighted by molar-refractivity contribution is -0.126. The third kappa shape index (κ3) is 4.02. The van der Waals surface area contributed by atoms with E-state index >= 15 is 0 Å². The summed E-state index contributed by atoms with van der Waals surface area (Å²) < 4.78 is 8.88. The lowest BCUT2D eigenvalue weighted by atomic mass is 9.81. The van der Waals surface area contributed by atoms with Gasteiger partial charge in [0, 0.05) is 11.8 Å². The Morgan fingerprint density at radius 3 is 1.62 bits per heavy atom. The Balaban J connectivity index is 0.000000221. The largest absolute Gasteiger partial charge is 0.466 e. The van der Waals surface area contributed by atoms with E-state index in [0.717, 1.165) is 25.7 Å². The summed E-state index contributed by atoms with van der Waals surface area (Å²) >= 11 is 0. The zero-order valence-electron chi connectivity index (χ0n) is 8.50. The predicted molar refractivity (Wildman–Crippen MR) is 52.9 cm³/mol. The first-order chi connectivity index (χ1) is 7.29. The first-order valence-electron chi connectivity index (χ1n) is 4.92. The van der Waals surface area contributed by atoms with E-state index < -0.39 is 7.82 Å². The van der Waals surface area contributed by atoms with Gasteiger partial charge < -0.3 is 14.7 Å². The van der Waals surface area contributed by atoms with E-state index in [4.69, 9.17) is 19.2 Å². The SMILES string of the molecule is O=C1NC(=O)C2CCCCC12.O=P(O)(O)O. The molecular formula is C8H14NO6P. The average molecular weight is 251 g/mol. The number of carbonyl (C=O) groups excluding carboxylic acids is 2. The number of rotatable bonds is 0. The quantitative estimate of drug-likeness (QED) is 0.340. The van der Waals surface area contributed by atoms with Crippen molar-refractivity contribution >= 4 is 19.6 Å². The lowest BCUT2D eigenvalue weighted by Gasteiger charge is -2.19. The zero-order chi connectivity index (χ0) is 12.3. The van der Waals surface area contributed by atoms with Crippen LogP contribution in [0.1, 0.15) is 25.7 Å². The van der Waals surface area contributed by atoms with Crippen LogP contribution in [0.4, 0.5) is 0 Å². The van der Waals surface area contributed by atoms with E-state index in [2.05, 4.69) is 5.32 Å². The van der Waals surface area contributed by atoms with Crippen LogP contribution in [0.5, 0.6) is 0 Å². The molecule has 0 aromatic heterocycles. The number of nitrogens with one attached hydrogen (secondary N) is 1. The highest BCUT2D eigenvalue weighted by atomic mass is 31.2. The third-order valence-corrected chi connectivity index (χ3v) is 2.69. The van der Waals surface area contributed by atoms with Crippen molar-refractivity contribution in [2.75, 3.05) is 0 Å². The van der Waals surface area contributed by atoms with Gasteiger partial charge >= 0.3 is 7.82 Å². The summed E-state index contributed by atoms with van der Waals surface area (Å²) in [6.07, 6.45) is 4.01. The molecule has 2 amide bonds. The van der Waals surface area contributed by atoms with E-state index in [1.807, 2.05) is 0 Å². The average Bonchev–Trinajstić information content (AvgIpc) is 2.41. The van der Waals surface area contributed by atoms with Crippen LogP contribution in [0.15, 0.2) is 0 Å². The fraction of sp³-hybridized carbons (Fsp3) is 0.750. The molecule has 1 saturated heterocycles. The van der Waals surface area contributed by atoms with Gasteiger partial charge in [0.1, 0.15) is 0 Å². The Labute approximate surface area is 92.1 Å². The highest BCUT2D eigenvalue weighted by molar-refractivity contribution is 7.45. The van der Waals surface area contributed by atoms with Gasteiger partial charge in [0.15, 0.2) is 0 Å². The number of hydrogen-bond donors (Lipinski definition) is 4. The van der Waals surface area contributed by atoms with E-state index in [0.29, 0.717) is 0 Å². The van der Waals surface area contributed by atoms with Gasteiger partial charge in [0.05, 0.1) is 0 Å². The zero-order valence-corrected chi connectivity index (χ0v) is 9.39. The molecule has 0 spiro atoms. The van der Waals surface area contributed by atoms with E-state index in [1.165, 1.54) is 0 Å². The highest BCUT2D eigenvalue weighted by Crippen LogP contribution is 2.33. The summed E-state index contributed by atoms with van der Waals surface area (Å²) in [7, 11) is -4.64. The second kappa shape index (κ2) is 5.05. The topological polar surface area (TPSA) is 124 Å². The molecule has 1 heterocycles. The van der Waals surface area contributed by atoms with Crippen LogP contribution < -0.4 is 5.32 Å². The molecule has 2 rings (SSSR count). The molecule has 1 saturated carbocycles. The summed E-state index contributed by atoms with van der Waals surface area (Å²) in [4.78, 5) is 43.7. The number of imide groups is 1. The van der Waals surface area contributed by atoms with Crippen molar-refractivity contribution in [2.45, 2.75) is 25.7 Å². The minimum Gasteiger partial charge on any atom is -0.303 e. The maximum absolute atomic E-state index is 11.1. The van der Waals surface area contributed by atoms with Crippen LogP contribution in [0.2, 0.25) is 0 Å². The molecule has 8 heteroatoms. The normalized spacial score (nSPS) is 28.9. The molecule has 2 aliphatic rings. The molecule has 0 radical (unpaired) electrons. The Bertz CT molecular complexity index is 307. The van der Waals surface area contributed by atoms with E-state index in [1.54, 1.807) is 0 Å². The molecule has 1 aliphatic carbocycles. The summed E-state index contributed by atoms with van der Waals surface area (Å²) in [5, 5.41) is 2.38. The van der Waals surface area contributed by atoms with E-state index in [9.17, 15) is 9.59 Å². The van der Waals surface area contributed by atoms with Gasteiger partial charge in [0.2, 0.25) is 11.8 Å². The molecule has 2 atom stereocenters. The third-order valence-electron chi connectivity index (χ3n) is 2.69. The monoisotopic (exact) mass is 251 g/mol. The van der Waals surface area contributed by atoms with Crippen molar-refractivity contribution in [3.63, 3.8) is 0 Å². The van der Waals surface area contributed by atoms with Crippen molar-refractivity contribution in [3.05, 3.63) is 0 Å². The summed E-state index contributed by atoms with van der Waals surface area (Å²) in [5.41, 5.74) is 0. The summed E-state index contributed by atoms with van der Waals surface area (Å²) in [6, 6.07) is 0. The predicted octanol–water partition coefficient (Wildman–Crippen LogP) is -0.479. The molecule has 2 fully saturated rings. The van der Waals surface area contributed by atoms with Crippen molar-refractivity contribution in [1.82, 2.24) is 5.32 Å². The van der Waals surface area contributed by atoms with Crippen LogP contribution >= 0.6 is 7.82 Å². The fourth-order valence-corrected chi connectivity index (χ4v) is 2.07. The number of hydrogen-bond acceptors (Lipinski definition) is 3. The number of phosphoric acid groups is 1. The fourth-order valence-electron chi connectivity index (χ4n) is 2.07.